The van der Waals surface area contributed by atoms with Crippen molar-refractivity contribution in [3.63, 3.8) is 0 Å². The molecule has 96 valence electrons. The van der Waals surface area contributed by atoms with Crippen LogP contribution in [0.4, 0.5) is 4.39 Å². The molecule has 0 fully saturated rings. The minimum atomic E-state index is -3.48. The summed E-state index contributed by atoms with van der Waals surface area (Å²) in [5, 5.41) is -0.632. The summed E-state index contributed by atoms with van der Waals surface area (Å²) in [4.78, 5) is 0.139. The van der Waals surface area contributed by atoms with Crippen LogP contribution in [-0.4, -0.2) is 20.2 Å². The van der Waals surface area contributed by atoms with Gasteiger partial charge >= 0.3 is 0 Å². The monoisotopic (exact) mass is 259 g/mol. The van der Waals surface area contributed by atoms with E-state index in [-0.39, 0.29) is 17.4 Å². The predicted molar refractivity (Wildman–Crippen MR) is 66.0 cm³/mol. The number of halogens is 1. The summed E-state index contributed by atoms with van der Waals surface area (Å²) in [5.74, 6) is -0.479. The van der Waals surface area contributed by atoms with Crippen molar-refractivity contribution in [1.82, 2.24) is 0 Å². The summed E-state index contributed by atoms with van der Waals surface area (Å²) >= 11 is 0. The maximum atomic E-state index is 13.1. The molecule has 17 heavy (non-hydrogen) atoms. The maximum Gasteiger partial charge on any atom is 0.182 e. The molecule has 0 spiro atoms. The first-order valence-electron chi connectivity index (χ1n) is 5.50. The highest BCUT2D eigenvalue weighted by molar-refractivity contribution is 7.92. The van der Waals surface area contributed by atoms with Crippen molar-refractivity contribution in [3.8, 4) is 0 Å². The van der Waals surface area contributed by atoms with E-state index in [1.807, 2.05) is 13.8 Å². The lowest BCUT2D eigenvalue weighted by Crippen LogP contribution is -2.34. The van der Waals surface area contributed by atoms with Crippen molar-refractivity contribution >= 4 is 9.84 Å². The molecule has 5 heteroatoms. The first-order valence-corrected chi connectivity index (χ1v) is 7.05. The molecule has 3 nitrogen and oxygen atoms in total. The van der Waals surface area contributed by atoms with Crippen LogP contribution in [0.5, 0.6) is 0 Å². The molecular weight excluding hydrogens is 241 g/mol. The molecule has 1 atom stereocenters. The van der Waals surface area contributed by atoms with Gasteiger partial charge in [-0.3, -0.25) is 0 Å². The number of nitrogens with two attached hydrogens (primary N) is 1. The molecule has 0 bridgehead atoms. The Morgan fingerprint density at radius 3 is 2.35 bits per heavy atom. The van der Waals surface area contributed by atoms with Crippen molar-refractivity contribution in [3.05, 3.63) is 29.6 Å². The second kappa shape index (κ2) is 5.14. The van der Waals surface area contributed by atoms with E-state index < -0.39 is 20.9 Å². The number of rotatable bonds is 4. The zero-order valence-corrected chi connectivity index (χ0v) is 11.1. The van der Waals surface area contributed by atoms with Crippen molar-refractivity contribution in [2.75, 3.05) is 6.54 Å². The largest absolute Gasteiger partial charge is 0.329 e. The van der Waals surface area contributed by atoms with Gasteiger partial charge in [-0.25, -0.2) is 12.8 Å². The Morgan fingerprint density at radius 1 is 1.35 bits per heavy atom. The van der Waals surface area contributed by atoms with Gasteiger partial charge in [0.15, 0.2) is 9.84 Å². The maximum absolute atomic E-state index is 13.1. The molecule has 1 rings (SSSR count). The van der Waals surface area contributed by atoms with Crippen molar-refractivity contribution < 1.29 is 12.8 Å². The minimum Gasteiger partial charge on any atom is -0.329 e. The third-order valence-electron chi connectivity index (χ3n) is 2.83. The zero-order valence-electron chi connectivity index (χ0n) is 10.3. The SMILES string of the molecule is Cc1cc(S(=O)(=O)C(CN)C(C)C)ccc1F. The molecule has 0 aromatic heterocycles. The number of hydrogen-bond acceptors (Lipinski definition) is 3. The van der Waals surface area contributed by atoms with Gasteiger partial charge in [0.1, 0.15) is 5.82 Å². The fraction of sp³-hybridized carbons (Fsp3) is 0.500. The standard InChI is InChI=1S/C12H18FNO2S/c1-8(2)12(7-14)17(15,16)10-4-5-11(13)9(3)6-10/h4-6,8,12H,7,14H2,1-3H3. The topological polar surface area (TPSA) is 60.2 Å². The Hall–Kier alpha value is -0.940. The van der Waals surface area contributed by atoms with Crippen molar-refractivity contribution in [2.24, 2.45) is 11.7 Å². The van der Waals surface area contributed by atoms with E-state index in [2.05, 4.69) is 0 Å². The van der Waals surface area contributed by atoms with Crippen LogP contribution in [0.2, 0.25) is 0 Å². The molecular formula is C12H18FNO2S. The summed E-state index contributed by atoms with van der Waals surface area (Å²) in [7, 11) is -3.48. The van der Waals surface area contributed by atoms with Gasteiger partial charge in [0.25, 0.3) is 0 Å². The molecule has 0 saturated carbocycles. The quantitative estimate of drug-likeness (QED) is 0.840. The second-order valence-corrected chi connectivity index (χ2v) is 6.64. The molecule has 0 amide bonds. The lowest BCUT2D eigenvalue weighted by molar-refractivity contribution is 0.532. The summed E-state index contributed by atoms with van der Waals surface area (Å²) in [6.45, 7) is 5.23. The van der Waals surface area contributed by atoms with Gasteiger partial charge in [0, 0.05) is 6.54 Å². The lowest BCUT2D eigenvalue weighted by Gasteiger charge is -2.19. The average molecular weight is 259 g/mol. The molecule has 2 N–H and O–H groups in total. The van der Waals surface area contributed by atoms with E-state index in [1.54, 1.807) is 6.92 Å². The first kappa shape index (κ1) is 14.1. The predicted octanol–water partition coefficient (Wildman–Crippen LogP) is 1.89. The van der Waals surface area contributed by atoms with Gasteiger partial charge < -0.3 is 5.73 Å². The van der Waals surface area contributed by atoms with E-state index in [4.69, 9.17) is 5.73 Å². The first-order chi connectivity index (χ1) is 7.80. The molecule has 1 aromatic carbocycles. The molecule has 0 heterocycles. The van der Waals surface area contributed by atoms with Crippen molar-refractivity contribution in [1.29, 1.82) is 0 Å². The van der Waals surface area contributed by atoms with Crippen LogP contribution < -0.4 is 5.73 Å². The lowest BCUT2D eigenvalue weighted by atomic mass is 10.1. The highest BCUT2D eigenvalue weighted by Gasteiger charge is 2.29. The molecule has 0 aliphatic rings. The summed E-state index contributed by atoms with van der Waals surface area (Å²) < 4.78 is 37.6. The molecule has 0 radical (unpaired) electrons. The van der Waals surface area contributed by atoms with E-state index >= 15 is 0 Å². The third-order valence-corrected chi connectivity index (χ3v) is 5.28. The smallest absolute Gasteiger partial charge is 0.182 e. The molecule has 1 aromatic rings. The normalized spacial score (nSPS) is 14.0. The highest BCUT2D eigenvalue weighted by Crippen LogP contribution is 2.22. The number of hydrogen-bond donors (Lipinski definition) is 1. The van der Waals surface area contributed by atoms with Crippen LogP contribution in [0.1, 0.15) is 19.4 Å². The second-order valence-electron chi connectivity index (χ2n) is 4.47. The number of aryl methyl sites for hydroxylation is 1. The summed E-state index contributed by atoms with van der Waals surface area (Å²) in [5.41, 5.74) is 5.84. The third kappa shape index (κ3) is 2.84. The van der Waals surface area contributed by atoms with Gasteiger partial charge in [0.2, 0.25) is 0 Å². The highest BCUT2D eigenvalue weighted by atomic mass is 32.2. The van der Waals surface area contributed by atoms with Crippen LogP contribution >= 0.6 is 0 Å². The van der Waals surface area contributed by atoms with Crippen LogP contribution in [-0.2, 0) is 9.84 Å². The van der Waals surface area contributed by atoms with Gasteiger partial charge in [-0.1, -0.05) is 13.8 Å². The van der Waals surface area contributed by atoms with Crippen LogP contribution in [0.3, 0.4) is 0 Å². The van der Waals surface area contributed by atoms with Crippen LogP contribution in [0.15, 0.2) is 23.1 Å². The fourth-order valence-electron chi connectivity index (χ4n) is 1.73. The Morgan fingerprint density at radius 2 is 1.94 bits per heavy atom. The fourth-order valence-corrected chi connectivity index (χ4v) is 3.64. The van der Waals surface area contributed by atoms with Gasteiger partial charge in [-0.05, 0) is 36.6 Å². The van der Waals surface area contributed by atoms with Gasteiger partial charge in [-0.15, -0.1) is 0 Å². The summed E-state index contributed by atoms with van der Waals surface area (Å²) in [6, 6.07) is 3.83. The van der Waals surface area contributed by atoms with Gasteiger partial charge in [-0.2, -0.15) is 0 Å². The summed E-state index contributed by atoms with van der Waals surface area (Å²) in [6.07, 6.45) is 0. The van der Waals surface area contributed by atoms with Crippen LogP contribution in [0, 0.1) is 18.7 Å². The van der Waals surface area contributed by atoms with Crippen LogP contribution in [0.25, 0.3) is 0 Å². The van der Waals surface area contributed by atoms with E-state index in [0.29, 0.717) is 5.56 Å². The minimum absolute atomic E-state index is 0.0659. The molecule has 0 saturated heterocycles. The van der Waals surface area contributed by atoms with E-state index in [1.165, 1.54) is 18.2 Å². The van der Waals surface area contributed by atoms with E-state index in [0.717, 1.165) is 0 Å². The Balaban J connectivity index is 3.25. The Bertz CT molecular complexity index is 497. The zero-order chi connectivity index (χ0) is 13.2. The molecule has 0 aliphatic carbocycles. The Kier molecular flexibility index (Phi) is 4.27. The molecule has 0 aliphatic heterocycles. The molecule has 1 unspecified atom stereocenters. The number of sulfone groups is 1. The average Bonchev–Trinajstić information content (AvgIpc) is 2.21. The van der Waals surface area contributed by atoms with E-state index in [9.17, 15) is 12.8 Å². The van der Waals surface area contributed by atoms with Gasteiger partial charge in [0.05, 0.1) is 10.1 Å². The van der Waals surface area contributed by atoms with Crippen molar-refractivity contribution in [2.45, 2.75) is 30.9 Å². The number of benzene rings is 1. The Labute approximate surface area is 102 Å².